The van der Waals surface area contributed by atoms with Crippen molar-refractivity contribution in [2.24, 2.45) is 5.92 Å². The van der Waals surface area contributed by atoms with E-state index in [1.165, 1.54) is 18.9 Å². The van der Waals surface area contributed by atoms with E-state index < -0.39 is 4.92 Å². The van der Waals surface area contributed by atoms with Crippen LogP contribution in [0.2, 0.25) is 0 Å². The van der Waals surface area contributed by atoms with Crippen LogP contribution in [0, 0.1) is 16.0 Å². The fourth-order valence-electron chi connectivity index (χ4n) is 1.35. The van der Waals surface area contributed by atoms with Gasteiger partial charge >= 0.3 is 0 Å². The summed E-state index contributed by atoms with van der Waals surface area (Å²) in [4.78, 5) is 10.2. The van der Waals surface area contributed by atoms with E-state index >= 15 is 0 Å². The molecule has 0 saturated heterocycles. The summed E-state index contributed by atoms with van der Waals surface area (Å²) in [5.41, 5.74) is 1.03. The van der Waals surface area contributed by atoms with Gasteiger partial charge in [-0.05, 0) is 46.8 Å². The molecule has 2 rings (SSSR count). The molecule has 0 radical (unpaired) electrons. The Morgan fingerprint density at radius 3 is 2.80 bits per heavy atom. The van der Waals surface area contributed by atoms with Gasteiger partial charge in [0.2, 0.25) is 0 Å². The topological polar surface area (TPSA) is 55.2 Å². The number of nitrogens with zero attached hydrogens (tertiary/aromatic N) is 1. The third-order valence-electron chi connectivity index (χ3n) is 2.44. The molecule has 5 heteroatoms. The monoisotopic (exact) mass is 270 g/mol. The molecule has 1 aromatic rings. The van der Waals surface area contributed by atoms with Crippen LogP contribution in [0.25, 0.3) is 0 Å². The van der Waals surface area contributed by atoms with Crippen LogP contribution in [-0.4, -0.2) is 11.5 Å². The average Bonchev–Trinajstić information content (AvgIpc) is 2.97. The molecule has 0 atom stereocenters. The largest absolute Gasteiger partial charge is 0.385 e. The molecule has 1 N–H and O–H groups in total. The van der Waals surface area contributed by atoms with Gasteiger partial charge in [0.05, 0.1) is 9.40 Å². The first kappa shape index (κ1) is 10.4. The fraction of sp³-hybridized carbons (Fsp3) is 0.400. The van der Waals surface area contributed by atoms with Gasteiger partial charge in [0, 0.05) is 18.3 Å². The summed E-state index contributed by atoms with van der Waals surface area (Å²) in [6.45, 7) is 0.963. The molecule has 15 heavy (non-hydrogen) atoms. The van der Waals surface area contributed by atoms with E-state index in [1.807, 2.05) is 0 Å². The minimum atomic E-state index is -0.394. The predicted molar refractivity (Wildman–Crippen MR) is 62.0 cm³/mol. The number of nitrogens with one attached hydrogen (secondary N) is 1. The van der Waals surface area contributed by atoms with Crippen molar-refractivity contribution in [2.75, 3.05) is 11.9 Å². The molecule has 1 aliphatic carbocycles. The molecule has 1 aromatic carbocycles. The number of hydrogen-bond acceptors (Lipinski definition) is 3. The maximum absolute atomic E-state index is 10.6. The first-order valence-corrected chi connectivity index (χ1v) is 5.64. The zero-order chi connectivity index (χ0) is 10.8. The van der Waals surface area contributed by atoms with Crippen LogP contribution in [0.1, 0.15) is 12.8 Å². The van der Waals surface area contributed by atoms with Crippen LogP contribution in [0.15, 0.2) is 22.7 Å². The Hall–Kier alpha value is -1.10. The lowest BCUT2D eigenvalue weighted by atomic mass is 10.3. The fourth-order valence-corrected chi connectivity index (χ4v) is 1.87. The van der Waals surface area contributed by atoms with Gasteiger partial charge in [-0.25, -0.2) is 0 Å². The summed E-state index contributed by atoms with van der Waals surface area (Å²) < 4.78 is 0.522. The third kappa shape index (κ3) is 2.68. The van der Waals surface area contributed by atoms with Gasteiger partial charge in [0.25, 0.3) is 5.69 Å². The van der Waals surface area contributed by atoms with Crippen molar-refractivity contribution in [1.29, 1.82) is 0 Å². The van der Waals surface area contributed by atoms with E-state index in [2.05, 4.69) is 21.2 Å². The van der Waals surface area contributed by atoms with Crippen molar-refractivity contribution >= 4 is 27.3 Å². The number of rotatable bonds is 4. The Morgan fingerprint density at radius 2 is 2.27 bits per heavy atom. The van der Waals surface area contributed by atoms with Gasteiger partial charge in [-0.15, -0.1) is 0 Å². The number of nitro groups is 1. The second kappa shape index (κ2) is 4.18. The van der Waals surface area contributed by atoms with E-state index in [1.54, 1.807) is 12.1 Å². The molecular weight excluding hydrogens is 260 g/mol. The van der Waals surface area contributed by atoms with E-state index in [0.29, 0.717) is 4.47 Å². The Morgan fingerprint density at radius 1 is 1.53 bits per heavy atom. The van der Waals surface area contributed by atoms with Crippen molar-refractivity contribution < 1.29 is 4.92 Å². The molecule has 0 amide bonds. The first-order chi connectivity index (χ1) is 7.16. The van der Waals surface area contributed by atoms with Crippen molar-refractivity contribution in [2.45, 2.75) is 12.8 Å². The number of benzene rings is 1. The van der Waals surface area contributed by atoms with Crippen LogP contribution in [0.5, 0.6) is 0 Å². The summed E-state index contributed by atoms with van der Waals surface area (Å²) in [6.07, 6.45) is 2.59. The summed E-state index contributed by atoms with van der Waals surface area (Å²) in [5, 5.41) is 13.8. The van der Waals surface area contributed by atoms with Crippen LogP contribution in [0.4, 0.5) is 11.4 Å². The predicted octanol–water partition coefficient (Wildman–Crippen LogP) is 3.18. The van der Waals surface area contributed by atoms with Crippen LogP contribution in [-0.2, 0) is 0 Å². The molecule has 80 valence electrons. The molecule has 1 saturated carbocycles. The Balaban J connectivity index is 2.06. The second-order valence-electron chi connectivity index (χ2n) is 3.75. The van der Waals surface area contributed by atoms with Gasteiger partial charge in [-0.1, -0.05) is 0 Å². The highest BCUT2D eigenvalue weighted by molar-refractivity contribution is 9.10. The molecular formula is C10H11BrN2O2. The van der Waals surface area contributed by atoms with E-state index in [0.717, 1.165) is 18.2 Å². The molecule has 0 aromatic heterocycles. The average molecular weight is 271 g/mol. The summed E-state index contributed by atoms with van der Waals surface area (Å²) in [6, 6.07) is 5.01. The van der Waals surface area contributed by atoms with Crippen LogP contribution in [0.3, 0.4) is 0 Å². The van der Waals surface area contributed by atoms with E-state index in [-0.39, 0.29) is 5.69 Å². The number of nitro benzene ring substituents is 1. The second-order valence-corrected chi connectivity index (χ2v) is 4.60. The lowest BCUT2D eigenvalue weighted by Gasteiger charge is -2.05. The lowest BCUT2D eigenvalue weighted by Crippen LogP contribution is -2.03. The molecule has 0 aliphatic heterocycles. The SMILES string of the molecule is O=[N+]([O-])c1ccc(NCC2CC2)cc1Br. The number of halogens is 1. The van der Waals surface area contributed by atoms with Crippen LogP contribution < -0.4 is 5.32 Å². The van der Waals surface area contributed by atoms with Crippen molar-refractivity contribution in [3.8, 4) is 0 Å². The molecule has 4 nitrogen and oxygen atoms in total. The molecule has 0 unspecified atom stereocenters. The number of anilines is 1. The standard InChI is InChI=1S/C10H11BrN2O2/c11-9-5-8(12-6-7-1-2-7)3-4-10(9)13(14)15/h3-5,7,12H,1-2,6H2. The van der Waals surface area contributed by atoms with Crippen LogP contribution >= 0.6 is 15.9 Å². The maximum Gasteiger partial charge on any atom is 0.283 e. The highest BCUT2D eigenvalue weighted by atomic mass is 79.9. The quantitative estimate of drug-likeness (QED) is 0.675. The zero-order valence-corrected chi connectivity index (χ0v) is 9.66. The summed E-state index contributed by atoms with van der Waals surface area (Å²) in [7, 11) is 0. The third-order valence-corrected chi connectivity index (χ3v) is 3.07. The maximum atomic E-state index is 10.6. The van der Waals surface area contributed by atoms with E-state index in [4.69, 9.17) is 0 Å². The smallest absolute Gasteiger partial charge is 0.283 e. The van der Waals surface area contributed by atoms with Gasteiger partial charge in [0.1, 0.15) is 0 Å². The minimum Gasteiger partial charge on any atom is -0.385 e. The van der Waals surface area contributed by atoms with Gasteiger partial charge in [-0.3, -0.25) is 10.1 Å². The summed E-state index contributed by atoms with van der Waals surface area (Å²) in [5.74, 6) is 0.791. The highest BCUT2D eigenvalue weighted by Crippen LogP contribution is 2.31. The van der Waals surface area contributed by atoms with Crippen molar-refractivity contribution in [3.05, 3.63) is 32.8 Å². The Labute approximate surface area is 96.0 Å². The first-order valence-electron chi connectivity index (χ1n) is 4.84. The van der Waals surface area contributed by atoms with E-state index in [9.17, 15) is 10.1 Å². The molecule has 0 bridgehead atoms. The highest BCUT2D eigenvalue weighted by Gasteiger charge is 2.20. The zero-order valence-electron chi connectivity index (χ0n) is 8.07. The van der Waals surface area contributed by atoms with Crippen molar-refractivity contribution in [3.63, 3.8) is 0 Å². The molecule has 1 fully saturated rings. The number of hydrogen-bond donors (Lipinski definition) is 1. The molecule has 0 spiro atoms. The normalized spacial score (nSPS) is 15.0. The Kier molecular flexibility index (Phi) is 2.90. The van der Waals surface area contributed by atoms with Crippen molar-refractivity contribution in [1.82, 2.24) is 0 Å². The lowest BCUT2D eigenvalue weighted by molar-refractivity contribution is -0.385. The summed E-state index contributed by atoms with van der Waals surface area (Å²) >= 11 is 3.19. The Bertz CT molecular complexity index is 391. The van der Waals surface area contributed by atoms with Gasteiger partial charge in [-0.2, -0.15) is 0 Å². The molecule has 0 heterocycles. The minimum absolute atomic E-state index is 0.104. The molecule has 1 aliphatic rings. The van der Waals surface area contributed by atoms with Gasteiger partial charge in [0.15, 0.2) is 0 Å². The van der Waals surface area contributed by atoms with Gasteiger partial charge < -0.3 is 5.32 Å².